The van der Waals surface area contributed by atoms with Crippen LogP contribution in [0, 0.1) is 0 Å². The molecule has 0 amide bonds. The highest BCUT2D eigenvalue weighted by atomic mass is 35.5. The van der Waals surface area contributed by atoms with Crippen LogP contribution in [-0.4, -0.2) is 38.0 Å². The third kappa shape index (κ3) is 1.43. The van der Waals surface area contributed by atoms with Crippen LogP contribution in [0.15, 0.2) is 18.7 Å². The Bertz CT molecular complexity index is 482. The van der Waals surface area contributed by atoms with E-state index in [1.165, 1.54) is 0 Å². The highest BCUT2D eigenvalue weighted by molar-refractivity contribution is 6.21. The van der Waals surface area contributed by atoms with Gasteiger partial charge >= 0.3 is 0 Å². The van der Waals surface area contributed by atoms with Gasteiger partial charge in [-0.1, -0.05) is 0 Å². The lowest BCUT2D eigenvalue weighted by Gasteiger charge is -2.16. The molecule has 0 spiro atoms. The Morgan fingerprint density at radius 1 is 1.47 bits per heavy atom. The van der Waals surface area contributed by atoms with Crippen molar-refractivity contribution >= 4 is 23.1 Å². The zero-order valence-electron chi connectivity index (χ0n) is 8.04. The molecule has 1 saturated heterocycles. The van der Waals surface area contributed by atoms with Crippen LogP contribution in [0.5, 0.6) is 0 Å². The molecule has 0 aliphatic carbocycles. The molecule has 15 heavy (non-hydrogen) atoms. The summed E-state index contributed by atoms with van der Waals surface area (Å²) in [4.78, 5) is 6.49. The third-order valence-corrected chi connectivity index (χ3v) is 2.98. The lowest BCUT2D eigenvalue weighted by molar-refractivity contribution is 0.927. The van der Waals surface area contributed by atoms with Gasteiger partial charge in [-0.25, -0.2) is 4.98 Å². The number of anilines is 1. The van der Waals surface area contributed by atoms with Gasteiger partial charge in [0.15, 0.2) is 5.82 Å². The minimum atomic E-state index is 0.218. The summed E-state index contributed by atoms with van der Waals surface area (Å²) in [7, 11) is 0. The normalized spacial score (nSPS) is 21.4. The van der Waals surface area contributed by atoms with E-state index in [-0.39, 0.29) is 5.38 Å². The van der Waals surface area contributed by atoms with Gasteiger partial charge in [-0.15, -0.1) is 21.8 Å². The van der Waals surface area contributed by atoms with Crippen molar-refractivity contribution in [1.29, 1.82) is 0 Å². The van der Waals surface area contributed by atoms with Crippen molar-refractivity contribution in [3.8, 4) is 0 Å². The fraction of sp³-hybridized carbons (Fsp3) is 0.444. The second-order valence-electron chi connectivity index (χ2n) is 3.64. The predicted octanol–water partition coefficient (Wildman–Crippen LogP) is 0.942. The van der Waals surface area contributed by atoms with E-state index in [1.807, 2.05) is 10.6 Å². The van der Waals surface area contributed by atoms with Crippen LogP contribution in [0.2, 0.25) is 0 Å². The van der Waals surface area contributed by atoms with Crippen LogP contribution in [0.1, 0.15) is 6.42 Å². The zero-order chi connectivity index (χ0) is 10.3. The number of fused-ring (bicyclic) bond motifs is 1. The van der Waals surface area contributed by atoms with Gasteiger partial charge < -0.3 is 4.90 Å². The molecule has 2 aromatic rings. The molecule has 1 unspecified atom stereocenters. The van der Waals surface area contributed by atoms with Gasteiger partial charge in [-0.05, 0) is 6.42 Å². The second kappa shape index (κ2) is 3.34. The Balaban J connectivity index is 2.06. The molecule has 6 heteroatoms. The highest BCUT2D eigenvalue weighted by Gasteiger charge is 2.23. The van der Waals surface area contributed by atoms with E-state index in [0.29, 0.717) is 0 Å². The van der Waals surface area contributed by atoms with Crippen molar-refractivity contribution in [2.45, 2.75) is 11.8 Å². The molecule has 5 nitrogen and oxygen atoms in total. The van der Waals surface area contributed by atoms with Crippen LogP contribution < -0.4 is 4.90 Å². The second-order valence-corrected chi connectivity index (χ2v) is 4.26. The Morgan fingerprint density at radius 2 is 2.40 bits per heavy atom. The van der Waals surface area contributed by atoms with E-state index in [1.54, 1.807) is 12.5 Å². The van der Waals surface area contributed by atoms with Gasteiger partial charge in [0, 0.05) is 25.5 Å². The minimum Gasteiger partial charge on any atom is -0.352 e. The monoisotopic (exact) mass is 223 g/mol. The molecule has 1 atom stereocenters. The first-order valence-corrected chi connectivity index (χ1v) is 5.31. The minimum absolute atomic E-state index is 0.218. The fourth-order valence-corrected chi connectivity index (χ4v) is 2.14. The third-order valence-electron chi connectivity index (χ3n) is 2.63. The lowest BCUT2D eigenvalue weighted by atomic mass is 10.4. The van der Waals surface area contributed by atoms with Crippen LogP contribution in [0.25, 0.3) is 5.65 Å². The van der Waals surface area contributed by atoms with Crippen molar-refractivity contribution in [2.24, 2.45) is 0 Å². The Hall–Kier alpha value is -1.36. The van der Waals surface area contributed by atoms with Crippen molar-refractivity contribution in [1.82, 2.24) is 19.6 Å². The molecule has 78 valence electrons. The molecule has 1 aliphatic rings. The van der Waals surface area contributed by atoms with E-state index >= 15 is 0 Å². The molecular formula is C9H10ClN5. The molecule has 3 heterocycles. The standard InChI is InChI=1S/C9H10ClN5/c10-7-1-3-14(5-7)8-9-13-12-6-15(9)4-2-11-8/h2,4,6-7H,1,3,5H2. The number of hydrogen-bond acceptors (Lipinski definition) is 4. The average Bonchev–Trinajstić information content (AvgIpc) is 2.84. The number of aromatic nitrogens is 4. The van der Waals surface area contributed by atoms with Crippen molar-refractivity contribution < 1.29 is 0 Å². The maximum absolute atomic E-state index is 6.07. The highest BCUT2D eigenvalue weighted by Crippen LogP contribution is 2.23. The summed E-state index contributed by atoms with van der Waals surface area (Å²) in [6.45, 7) is 1.77. The van der Waals surface area contributed by atoms with Gasteiger partial charge in [0.25, 0.3) is 0 Å². The number of nitrogens with zero attached hydrogens (tertiary/aromatic N) is 5. The van der Waals surface area contributed by atoms with Crippen molar-refractivity contribution in [2.75, 3.05) is 18.0 Å². The Labute approximate surface area is 91.7 Å². The van der Waals surface area contributed by atoms with E-state index in [0.717, 1.165) is 31.0 Å². The molecule has 2 aromatic heterocycles. The molecule has 1 aliphatic heterocycles. The van der Waals surface area contributed by atoms with Gasteiger partial charge in [0.2, 0.25) is 5.65 Å². The molecule has 1 fully saturated rings. The van der Waals surface area contributed by atoms with Crippen LogP contribution >= 0.6 is 11.6 Å². The molecular weight excluding hydrogens is 214 g/mol. The first kappa shape index (κ1) is 8.91. The maximum atomic E-state index is 6.07. The largest absolute Gasteiger partial charge is 0.352 e. The average molecular weight is 224 g/mol. The van der Waals surface area contributed by atoms with Crippen LogP contribution in [0.4, 0.5) is 5.82 Å². The van der Waals surface area contributed by atoms with Crippen molar-refractivity contribution in [3.05, 3.63) is 18.7 Å². The molecule has 0 radical (unpaired) electrons. The van der Waals surface area contributed by atoms with Crippen LogP contribution in [-0.2, 0) is 0 Å². The number of rotatable bonds is 1. The SMILES string of the molecule is ClC1CCN(c2nccn3cnnc23)C1. The summed E-state index contributed by atoms with van der Waals surface area (Å²) in [6.07, 6.45) is 6.27. The Morgan fingerprint density at radius 3 is 3.20 bits per heavy atom. The summed E-state index contributed by atoms with van der Waals surface area (Å²) in [5.74, 6) is 0.873. The first-order valence-electron chi connectivity index (χ1n) is 4.88. The van der Waals surface area contributed by atoms with Gasteiger partial charge in [-0.3, -0.25) is 4.40 Å². The molecule has 3 rings (SSSR count). The molecule has 0 N–H and O–H groups in total. The topological polar surface area (TPSA) is 46.3 Å². The van der Waals surface area contributed by atoms with E-state index in [4.69, 9.17) is 11.6 Å². The summed E-state index contributed by atoms with van der Waals surface area (Å²) in [6, 6.07) is 0. The smallest absolute Gasteiger partial charge is 0.203 e. The number of halogens is 1. The van der Waals surface area contributed by atoms with Gasteiger partial charge in [0.1, 0.15) is 6.33 Å². The van der Waals surface area contributed by atoms with Crippen LogP contribution in [0.3, 0.4) is 0 Å². The number of alkyl halides is 1. The van der Waals surface area contributed by atoms with Gasteiger partial charge in [-0.2, -0.15) is 0 Å². The molecule has 0 aromatic carbocycles. The quantitative estimate of drug-likeness (QED) is 0.676. The zero-order valence-corrected chi connectivity index (χ0v) is 8.80. The maximum Gasteiger partial charge on any atom is 0.203 e. The first-order chi connectivity index (χ1) is 7.34. The number of hydrogen-bond donors (Lipinski definition) is 0. The lowest BCUT2D eigenvalue weighted by Crippen LogP contribution is -2.21. The summed E-state index contributed by atoms with van der Waals surface area (Å²) in [5.41, 5.74) is 0.795. The van der Waals surface area contributed by atoms with E-state index in [2.05, 4.69) is 20.1 Å². The van der Waals surface area contributed by atoms with E-state index < -0.39 is 0 Å². The fourth-order valence-electron chi connectivity index (χ4n) is 1.88. The van der Waals surface area contributed by atoms with Crippen molar-refractivity contribution in [3.63, 3.8) is 0 Å². The predicted molar refractivity (Wildman–Crippen MR) is 57.3 cm³/mol. The molecule has 0 bridgehead atoms. The van der Waals surface area contributed by atoms with Gasteiger partial charge in [0.05, 0.1) is 5.38 Å². The summed E-state index contributed by atoms with van der Waals surface area (Å²) < 4.78 is 1.86. The van der Waals surface area contributed by atoms with E-state index in [9.17, 15) is 0 Å². The summed E-state index contributed by atoms with van der Waals surface area (Å²) in [5, 5.41) is 8.14. The Kier molecular flexibility index (Phi) is 1.98. The summed E-state index contributed by atoms with van der Waals surface area (Å²) >= 11 is 6.07. The molecule has 0 saturated carbocycles.